The molecule has 1 amide bonds. The fourth-order valence-corrected chi connectivity index (χ4v) is 6.68. The van der Waals surface area contributed by atoms with E-state index in [-0.39, 0.29) is 28.7 Å². The Kier molecular flexibility index (Phi) is 11.7. The van der Waals surface area contributed by atoms with Gasteiger partial charge in [-0.05, 0) is 89.7 Å². The summed E-state index contributed by atoms with van der Waals surface area (Å²) in [5, 5.41) is 11.9. The van der Waals surface area contributed by atoms with Crippen LogP contribution in [0.1, 0.15) is 70.7 Å². The molecule has 2 aliphatic heterocycles. The number of benzene rings is 1. The van der Waals surface area contributed by atoms with Crippen molar-refractivity contribution in [1.29, 1.82) is 0 Å². The number of carbonyl (C=O) groups excluding carboxylic acids is 1. The summed E-state index contributed by atoms with van der Waals surface area (Å²) in [7, 11) is 1.75. The van der Waals surface area contributed by atoms with Crippen LogP contribution in [0.3, 0.4) is 0 Å². The zero-order chi connectivity index (χ0) is 31.0. The predicted octanol–water partition coefficient (Wildman–Crippen LogP) is 5.22. The summed E-state index contributed by atoms with van der Waals surface area (Å²) in [5.41, 5.74) is 1.29. The van der Waals surface area contributed by atoms with Crippen molar-refractivity contribution in [3.63, 3.8) is 0 Å². The number of rotatable bonds is 16. The smallest absolute Gasteiger partial charge is 0.262 e. The number of methoxy groups -OCH3 is 1. The van der Waals surface area contributed by atoms with Crippen LogP contribution in [-0.4, -0.2) is 97.5 Å². The molecule has 238 valence electrons. The van der Waals surface area contributed by atoms with Gasteiger partial charge in [0, 0.05) is 63.9 Å². The van der Waals surface area contributed by atoms with Crippen molar-refractivity contribution in [2.24, 2.45) is 11.3 Å². The third kappa shape index (κ3) is 8.22. The number of ether oxygens (including phenoxy) is 2. The Morgan fingerprint density at radius 2 is 1.91 bits per heavy atom. The first-order valence-corrected chi connectivity index (χ1v) is 16.0. The highest BCUT2D eigenvalue weighted by atomic mass is 19.1. The highest BCUT2D eigenvalue weighted by Gasteiger charge is 2.50. The Balaban J connectivity index is 1.39. The molecule has 0 saturated carbocycles. The molecule has 2 fully saturated rings. The summed E-state index contributed by atoms with van der Waals surface area (Å²) in [5.74, 6) is 0.475. The van der Waals surface area contributed by atoms with Crippen molar-refractivity contribution in [2.75, 3.05) is 64.4 Å². The van der Waals surface area contributed by atoms with Crippen LogP contribution >= 0.6 is 0 Å². The van der Waals surface area contributed by atoms with Gasteiger partial charge in [0.2, 0.25) is 0 Å². The van der Waals surface area contributed by atoms with Gasteiger partial charge in [-0.3, -0.25) is 9.69 Å². The van der Waals surface area contributed by atoms with Gasteiger partial charge in [-0.25, -0.2) is 4.39 Å². The minimum atomic E-state index is -0.482. The van der Waals surface area contributed by atoms with Crippen LogP contribution in [-0.2, 0) is 4.74 Å². The predicted molar refractivity (Wildman–Crippen MR) is 168 cm³/mol. The molecule has 1 spiro atoms. The third-order valence-corrected chi connectivity index (χ3v) is 8.92. The molecular weight excluding hydrogens is 547 g/mol. The van der Waals surface area contributed by atoms with E-state index in [4.69, 9.17) is 9.47 Å². The van der Waals surface area contributed by atoms with E-state index in [2.05, 4.69) is 39.2 Å². The number of anilines is 1. The second kappa shape index (κ2) is 15.3. The molecule has 2 aromatic rings. The van der Waals surface area contributed by atoms with Crippen LogP contribution in [0.5, 0.6) is 11.6 Å². The van der Waals surface area contributed by atoms with Gasteiger partial charge in [0.15, 0.2) is 0 Å². The maximum Gasteiger partial charge on any atom is 0.262 e. The lowest BCUT2D eigenvalue weighted by Gasteiger charge is -2.53. The van der Waals surface area contributed by atoms with Gasteiger partial charge >= 0.3 is 0 Å². The highest BCUT2D eigenvalue weighted by Crippen LogP contribution is 2.45. The fraction of sp³-hybridized carbons (Fsp3) is 0.667. The summed E-state index contributed by atoms with van der Waals surface area (Å²) in [6, 6.07) is 6.54. The first-order valence-electron chi connectivity index (χ1n) is 16.0. The van der Waals surface area contributed by atoms with Crippen LogP contribution in [0.4, 0.5) is 10.1 Å². The van der Waals surface area contributed by atoms with Crippen molar-refractivity contribution < 1.29 is 18.7 Å². The minimum Gasteiger partial charge on any atom is -0.435 e. The fourth-order valence-electron chi connectivity index (χ4n) is 6.68. The van der Waals surface area contributed by atoms with Crippen LogP contribution < -0.4 is 15.0 Å². The largest absolute Gasteiger partial charge is 0.435 e. The van der Waals surface area contributed by atoms with E-state index in [1.54, 1.807) is 18.2 Å². The molecule has 2 saturated heterocycles. The molecule has 10 heteroatoms. The maximum absolute atomic E-state index is 14.3. The first kappa shape index (κ1) is 33.1. The molecule has 1 aromatic carbocycles. The number of carbonyl (C=O) groups is 1. The number of likely N-dealkylation sites (tertiary alicyclic amines) is 1. The molecule has 4 rings (SSSR count). The van der Waals surface area contributed by atoms with E-state index in [1.807, 2.05) is 26.8 Å². The molecule has 0 radical (unpaired) electrons. The topological polar surface area (TPSA) is 83.1 Å². The summed E-state index contributed by atoms with van der Waals surface area (Å²) in [4.78, 5) is 20.0. The highest BCUT2D eigenvalue weighted by molar-refractivity contribution is 5.97. The summed E-state index contributed by atoms with van der Waals surface area (Å²) < 4.78 is 25.7. The second-order valence-electron chi connectivity index (χ2n) is 12.8. The first-order chi connectivity index (χ1) is 20.7. The van der Waals surface area contributed by atoms with Gasteiger partial charge in [0.1, 0.15) is 17.3 Å². The van der Waals surface area contributed by atoms with Crippen molar-refractivity contribution >= 4 is 11.6 Å². The zero-order valence-corrected chi connectivity index (χ0v) is 26.9. The lowest BCUT2D eigenvalue weighted by Crippen LogP contribution is -2.62. The molecule has 9 nitrogen and oxygen atoms in total. The number of amides is 1. The molecule has 1 N–H and O–H groups in total. The standard InChI is InChI=1S/C33H51FN6O3/c1-7-40(25(4)5)32(41)27-20-26(34)11-12-30(27)43-31-29(13-17-36-37-31)38-18-14-33(21-38)22-39(23-33)28(24(2)3)10-8-15-35-16-9-19-42-6/h11-13,17,20,24-25,28,35H,7-10,14-16,18-19,21-23H2,1-6H3. The Morgan fingerprint density at radius 1 is 1.14 bits per heavy atom. The molecule has 2 aliphatic rings. The van der Waals surface area contributed by atoms with E-state index < -0.39 is 5.82 Å². The number of hydrogen-bond acceptors (Lipinski definition) is 8. The van der Waals surface area contributed by atoms with Gasteiger partial charge in [-0.15, -0.1) is 5.10 Å². The molecule has 3 heterocycles. The quantitative estimate of drug-likeness (QED) is 0.264. The van der Waals surface area contributed by atoms with Gasteiger partial charge in [0.05, 0.1) is 11.8 Å². The minimum absolute atomic E-state index is 0.0263. The second-order valence-corrected chi connectivity index (χ2v) is 12.8. The van der Waals surface area contributed by atoms with Crippen LogP contribution in [0.15, 0.2) is 30.5 Å². The third-order valence-electron chi connectivity index (χ3n) is 8.92. The zero-order valence-electron chi connectivity index (χ0n) is 26.9. The van der Waals surface area contributed by atoms with Crippen LogP contribution in [0.2, 0.25) is 0 Å². The van der Waals surface area contributed by atoms with Crippen LogP contribution in [0.25, 0.3) is 0 Å². The van der Waals surface area contributed by atoms with Crippen molar-refractivity contribution in [3.8, 4) is 11.6 Å². The Bertz CT molecular complexity index is 1190. The monoisotopic (exact) mass is 598 g/mol. The van der Waals surface area contributed by atoms with Crippen LogP contribution in [0, 0.1) is 17.2 Å². The molecule has 1 aromatic heterocycles. The van der Waals surface area contributed by atoms with E-state index in [0.717, 1.165) is 64.4 Å². The number of hydrogen-bond donors (Lipinski definition) is 1. The summed E-state index contributed by atoms with van der Waals surface area (Å²) in [6.45, 7) is 17.9. The normalized spacial score (nSPS) is 17.1. The molecule has 0 bridgehead atoms. The molecular formula is C33H51FN6O3. The Morgan fingerprint density at radius 3 is 2.60 bits per heavy atom. The van der Waals surface area contributed by atoms with Gasteiger partial charge in [-0.2, -0.15) is 5.10 Å². The van der Waals surface area contributed by atoms with E-state index >= 15 is 0 Å². The van der Waals surface area contributed by atoms with E-state index in [0.29, 0.717) is 24.4 Å². The van der Waals surface area contributed by atoms with E-state index in [1.165, 1.54) is 31.0 Å². The van der Waals surface area contributed by atoms with Gasteiger partial charge < -0.3 is 24.6 Å². The number of halogens is 1. The van der Waals surface area contributed by atoms with Gasteiger partial charge in [-0.1, -0.05) is 13.8 Å². The molecule has 0 aliphatic carbocycles. The lowest BCUT2D eigenvalue weighted by atomic mass is 9.76. The Labute approximate surface area is 257 Å². The average Bonchev–Trinajstić information content (AvgIpc) is 3.41. The van der Waals surface area contributed by atoms with Crippen molar-refractivity contribution in [3.05, 3.63) is 41.8 Å². The SMILES string of the molecule is CCN(C(=O)c1cc(F)ccc1Oc1nnccc1N1CCC2(C1)CN(C(CCCNCCCOC)C(C)C)C2)C(C)C. The number of nitrogens with zero attached hydrogens (tertiary/aromatic N) is 5. The van der Waals surface area contributed by atoms with Gasteiger partial charge in [0.25, 0.3) is 11.8 Å². The maximum atomic E-state index is 14.3. The average molecular weight is 599 g/mol. The number of nitrogens with one attached hydrogen (secondary N) is 1. The number of aromatic nitrogens is 2. The summed E-state index contributed by atoms with van der Waals surface area (Å²) >= 11 is 0. The van der Waals surface area contributed by atoms with Crippen molar-refractivity contribution in [2.45, 2.75) is 72.4 Å². The molecule has 1 unspecified atom stereocenters. The van der Waals surface area contributed by atoms with Crippen molar-refractivity contribution in [1.82, 2.24) is 25.3 Å². The summed E-state index contributed by atoms with van der Waals surface area (Å²) in [6.07, 6.45) is 6.21. The van der Waals surface area contributed by atoms with E-state index in [9.17, 15) is 9.18 Å². The molecule has 1 atom stereocenters. The lowest BCUT2D eigenvalue weighted by molar-refractivity contribution is -0.0338. The molecule has 43 heavy (non-hydrogen) atoms. The Hall–Kier alpha value is -2.82.